The van der Waals surface area contributed by atoms with E-state index < -0.39 is 20.0 Å². The molecule has 0 radical (unpaired) electrons. The molecule has 9 heteroatoms. The summed E-state index contributed by atoms with van der Waals surface area (Å²) in [5, 5.41) is 13.8. The molecule has 8 nitrogen and oxygen atoms in total. The Morgan fingerprint density at radius 3 is 1.26 bits per heavy atom. The lowest BCUT2D eigenvalue weighted by atomic mass is 10.0. The standard InChI is InChI=1S/C52H103N2O6P/c1-6-8-10-12-14-16-18-19-20-21-22-23-24-25-26-27-28-29-30-31-32-33-34-36-38-40-42-44-46-52(56)53-50(49-60-61(57,58)59-48-47-54(3,4)5)51(55)45-43-41-39-37-35-17-15-13-11-9-7-2/h25-26,43,45,50-51,55H,6-24,27-42,44,46-49H2,1-5H3,(H-,53,56,57,58)/p+1/b26-25-,45-43+. The Hall–Kier alpha value is -1.02. The number of rotatable bonds is 48. The smallest absolute Gasteiger partial charge is 0.387 e. The number of nitrogens with zero attached hydrogens (tertiary/aromatic N) is 1. The molecule has 3 atom stereocenters. The fourth-order valence-electron chi connectivity index (χ4n) is 7.74. The van der Waals surface area contributed by atoms with Crippen molar-refractivity contribution >= 4 is 13.7 Å². The number of aliphatic hydroxyl groups is 1. The van der Waals surface area contributed by atoms with Gasteiger partial charge < -0.3 is 19.8 Å². The third kappa shape index (κ3) is 46.8. The summed E-state index contributed by atoms with van der Waals surface area (Å²) < 4.78 is 23.6. The van der Waals surface area contributed by atoms with Gasteiger partial charge in [0.15, 0.2) is 0 Å². The van der Waals surface area contributed by atoms with Crippen molar-refractivity contribution in [1.29, 1.82) is 0 Å². The topological polar surface area (TPSA) is 105 Å². The van der Waals surface area contributed by atoms with E-state index in [0.717, 1.165) is 38.5 Å². The minimum absolute atomic E-state index is 0.0628. The largest absolute Gasteiger partial charge is 0.472 e. The molecule has 0 spiro atoms. The third-order valence-corrected chi connectivity index (χ3v) is 12.9. The minimum Gasteiger partial charge on any atom is -0.387 e. The molecule has 0 saturated carbocycles. The van der Waals surface area contributed by atoms with E-state index in [1.54, 1.807) is 6.08 Å². The normalized spacial score (nSPS) is 14.3. The van der Waals surface area contributed by atoms with Crippen molar-refractivity contribution in [2.45, 2.75) is 264 Å². The Morgan fingerprint density at radius 2 is 0.885 bits per heavy atom. The number of hydrogen-bond donors (Lipinski definition) is 3. The molecule has 3 unspecified atom stereocenters. The number of phosphoric ester groups is 1. The minimum atomic E-state index is -4.33. The summed E-state index contributed by atoms with van der Waals surface area (Å²) in [4.78, 5) is 23.2. The first-order valence-electron chi connectivity index (χ1n) is 26.2. The van der Waals surface area contributed by atoms with Crippen LogP contribution in [0, 0.1) is 0 Å². The Morgan fingerprint density at radius 1 is 0.541 bits per heavy atom. The predicted molar refractivity (Wildman–Crippen MR) is 263 cm³/mol. The molecule has 1 amide bonds. The zero-order valence-electron chi connectivity index (χ0n) is 41.2. The Labute approximate surface area is 379 Å². The van der Waals surface area contributed by atoms with Crippen LogP contribution in [-0.2, 0) is 18.4 Å². The molecule has 0 aromatic heterocycles. The van der Waals surface area contributed by atoms with Crippen LogP contribution in [0.5, 0.6) is 0 Å². The van der Waals surface area contributed by atoms with Crippen LogP contribution in [0.2, 0.25) is 0 Å². The van der Waals surface area contributed by atoms with Crippen molar-refractivity contribution in [1.82, 2.24) is 5.32 Å². The van der Waals surface area contributed by atoms with Gasteiger partial charge in [0.05, 0.1) is 39.9 Å². The fourth-order valence-corrected chi connectivity index (χ4v) is 8.48. The highest BCUT2D eigenvalue weighted by Crippen LogP contribution is 2.43. The highest BCUT2D eigenvalue weighted by Gasteiger charge is 2.27. The van der Waals surface area contributed by atoms with Gasteiger partial charge in [-0.1, -0.05) is 224 Å². The lowest BCUT2D eigenvalue weighted by Crippen LogP contribution is -2.45. The summed E-state index contributed by atoms with van der Waals surface area (Å²) in [6.07, 6.45) is 54.2. The van der Waals surface area contributed by atoms with Gasteiger partial charge in [-0.15, -0.1) is 0 Å². The van der Waals surface area contributed by atoms with Crippen molar-refractivity contribution in [2.24, 2.45) is 0 Å². The number of aliphatic hydroxyl groups excluding tert-OH is 1. The maximum absolute atomic E-state index is 12.9. The molecule has 0 aromatic rings. The zero-order valence-corrected chi connectivity index (χ0v) is 42.1. The maximum Gasteiger partial charge on any atom is 0.472 e. The van der Waals surface area contributed by atoms with Crippen LogP contribution in [0.25, 0.3) is 0 Å². The van der Waals surface area contributed by atoms with Crippen LogP contribution < -0.4 is 5.32 Å². The molecular weight excluding hydrogens is 780 g/mol. The first kappa shape index (κ1) is 60.0. The van der Waals surface area contributed by atoms with Crippen LogP contribution in [0.1, 0.15) is 251 Å². The van der Waals surface area contributed by atoms with Crippen LogP contribution >= 0.6 is 7.82 Å². The number of quaternary nitrogens is 1. The third-order valence-electron chi connectivity index (χ3n) is 11.9. The molecular formula is C52H104N2O6P+. The molecule has 0 aromatic carbocycles. The van der Waals surface area contributed by atoms with Crippen LogP contribution in [-0.4, -0.2) is 73.4 Å². The lowest BCUT2D eigenvalue weighted by Gasteiger charge is -2.25. The number of amides is 1. The Kier molecular flexibility index (Phi) is 43.5. The summed E-state index contributed by atoms with van der Waals surface area (Å²) in [5.41, 5.74) is 0. The Balaban J connectivity index is 4.08. The van der Waals surface area contributed by atoms with E-state index in [2.05, 4.69) is 31.3 Å². The summed E-state index contributed by atoms with van der Waals surface area (Å²) in [7, 11) is 1.58. The number of hydrogen-bond acceptors (Lipinski definition) is 5. The molecule has 0 heterocycles. The van der Waals surface area contributed by atoms with E-state index in [4.69, 9.17) is 9.05 Å². The first-order chi connectivity index (χ1) is 29.5. The van der Waals surface area contributed by atoms with Crippen molar-refractivity contribution in [3.63, 3.8) is 0 Å². The molecule has 3 N–H and O–H groups in total. The molecule has 0 saturated heterocycles. The monoisotopic (exact) mass is 884 g/mol. The van der Waals surface area contributed by atoms with E-state index in [9.17, 15) is 19.4 Å². The van der Waals surface area contributed by atoms with Crippen molar-refractivity contribution in [3.05, 3.63) is 24.3 Å². The average Bonchev–Trinajstić information content (AvgIpc) is 3.21. The quantitative estimate of drug-likeness (QED) is 0.0243. The van der Waals surface area contributed by atoms with E-state index >= 15 is 0 Å². The number of likely N-dealkylation sites (N-methyl/N-ethyl adjacent to an activating group) is 1. The summed E-state index contributed by atoms with van der Waals surface area (Å²) in [5.74, 6) is -0.176. The number of allylic oxidation sites excluding steroid dienone is 3. The predicted octanol–water partition coefficient (Wildman–Crippen LogP) is 15.3. The molecule has 0 fully saturated rings. The summed E-state index contributed by atoms with van der Waals surface area (Å²) in [6.45, 7) is 4.82. The maximum atomic E-state index is 12.9. The molecule has 0 aliphatic carbocycles. The molecule has 0 aliphatic heterocycles. The van der Waals surface area contributed by atoms with Gasteiger partial charge in [0.1, 0.15) is 13.2 Å². The number of carbonyl (C=O) groups is 1. The van der Waals surface area contributed by atoms with E-state index in [1.807, 2.05) is 27.2 Å². The average molecular weight is 884 g/mol. The molecule has 0 rings (SSSR count). The lowest BCUT2D eigenvalue weighted by molar-refractivity contribution is -0.870. The van der Waals surface area contributed by atoms with Crippen LogP contribution in [0.15, 0.2) is 24.3 Å². The SMILES string of the molecule is CCCCCCCCCCC/C=C/C(O)C(COP(=O)(O)OCC[N+](C)(C)C)NC(=O)CCCCCCCCCCCCCC/C=C\CCCCCCCCCCCCCC. The molecule has 0 bridgehead atoms. The van der Waals surface area contributed by atoms with Gasteiger partial charge in [-0.05, 0) is 44.9 Å². The number of carbonyl (C=O) groups excluding carboxylic acids is 1. The van der Waals surface area contributed by atoms with Gasteiger partial charge in [0.2, 0.25) is 5.91 Å². The number of nitrogens with one attached hydrogen (secondary N) is 1. The van der Waals surface area contributed by atoms with Crippen LogP contribution in [0.3, 0.4) is 0 Å². The van der Waals surface area contributed by atoms with Crippen molar-refractivity contribution in [3.8, 4) is 0 Å². The molecule has 362 valence electrons. The Bertz CT molecular complexity index is 1050. The summed E-state index contributed by atoms with van der Waals surface area (Å²) in [6, 6.07) is -0.843. The second-order valence-corrected chi connectivity index (χ2v) is 20.7. The number of phosphoric acid groups is 1. The zero-order chi connectivity index (χ0) is 45.0. The molecule has 0 aliphatic rings. The van der Waals surface area contributed by atoms with Crippen molar-refractivity contribution < 1.29 is 32.9 Å². The fraction of sp³-hybridized carbons (Fsp3) is 0.904. The van der Waals surface area contributed by atoms with E-state index in [1.165, 1.54) is 193 Å². The first-order valence-corrected chi connectivity index (χ1v) is 27.7. The van der Waals surface area contributed by atoms with E-state index in [-0.39, 0.29) is 19.1 Å². The second kappa shape index (κ2) is 44.2. The van der Waals surface area contributed by atoms with Gasteiger partial charge in [0, 0.05) is 6.42 Å². The second-order valence-electron chi connectivity index (χ2n) is 19.3. The van der Waals surface area contributed by atoms with Gasteiger partial charge in [-0.25, -0.2) is 4.57 Å². The van der Waals surface area contributed by atoms with Crippen molar-refractivity contribution in [2.75, 3.05) is 40.9 Å². The van der Waals surface area contributed by atoms with Crippen LogP contribution in [0.4, 0.5) is 0 Å². The van der Waals surface area contributed by atoms with E-state index in [0.29, 0.717) is 17.4 Å². The highest BCUT2D eigenvalue weighted by molar-refractivity contribution is 7.47. The van der Waals surface area contributed by atoms with Gasteiger partial charge >= 0.3 is 7.82 Å². The molecule has 61 heavy (non-hydrogen) atoms. The summed E-state index contributed by atoms with van der Waals surface area (Å²) >= 11 is 0. The van der Waals surface area contributed by atoms with Gasteiger partial charge in [-0.3, -0.25) is 13.8 Å². The van der Waals surface area contributed by atoms with Gasteiger partial charge in [0.25, 0.3) is 0 Å². The number of unbranched alkanes of at least 4 members (excludes halogenated alkanes) is 33. The highest BCUT2D eigenvalue weighted by atomic mass is 31.2. The van der Waals surface area contributed by atoms with Gasteiger partial charge in [-0.2, -0.15) is 0 Å².